The number of aliphatic hydroxyl groups is 2. The van der Waals surface area contributed by atoms with Crippen LogP contribution in [0.2, 0.25) is 0 Å². The van der Waals surface area contributed by atoms with Crippen molar-refractivity contribution in [3.8, 4) is 11.4 Å². The molecular formula is C29H32FN3O5. The molecule has 2 atom stereocenters. The number of cyclic esters (lactones) is 1. The summed E-state index contributed by atoms with van der Waals surface area (Å²) in [5.74, 6) is -1.09. The fourth-order valence-electron chi connectivity index (χ4n) is 6.21. The summed E-state index contributed by atoms with van der Waals surface area (Å²) in [5, 5.41) is 25.5. The highest BCUT2D eigenvalue weighted by atomic mass is 19.1. The number of carbonyl (C=O) groups excluding carboxylic acids is 1. The van der Waals surface area contributed by atoms with Gasteiger partial charge in [-0.15, -0.1) is 0 Å². The zero-order valence-electron chi connectivity index (χ0n) is 22.1. The fourth-order valence-corrected chi connectivity index (χ4v) is 6.21. The van der Waals surface area contributed by atoms with Crippen molar-refractivity contribution in [3.05, 3.63) is 61.7 Å². The molecule has 2 aliphatic heterocycles. The number of nitrogens with one attached hydrogen (secondary N) is 1. The Bertz CT molecular complexity index is 1590. The van der Waals surface area contributed by atoms with Crippen LogP contribution in [0.5, 0.6) is 0 Å². The molecule has 0 fully saturated rings. The monoisotopic (exact) mass is 521 g/mol. The Morgan fingerprint density at radius 3 is 2.74 bits per heavy atom. The van der Waals surface area contributed by atoms with E-state index in [0.29, 0.717) is 35.4 Å². The molecule has 3 aromatic rings. The van der Waals surface area contributed by atoms with Gasteiger partial charge in [-0.25, -0.2) is 14.2 Å². The Labute approximate surface area is 219 Å². The lowest BCUT2D eigenvalue weighted by atomic mass is 9.81. The number of carbonyl (C=O) groups is 1. The first-order valence-corrected chi connectivity index (χ1v) is 13.2. The number of aliphatic hydroxyl groups excluding tert-OH is 1. The Hall–Kier alpha value is -3.14. The smallest absolute Gasteiger partial charge is 0.343 e. The number of rotatable bonds is 5. The minimum absolute atomic E-state index is 0.0327. The van der Waals surface area contributed by atoms with Crippen molar-refractivity contribution in [2.24, 2.45) is 5.41 Å². The van der Waals surface area contributed by atoms with E-state index < -0.39 is 11.6 Å². The second-order valence-corrected chi connectivity index (χ2v) is 11.6. The summed E-state index contributed by atoms with van der Waals surface area (Å²) in [7, 11) is 0. The topological polar surface area (TPSA) is 114 Å². The highest BCUT2D eigenvalue weighted by Gasteiger charge is 2.46. The predicted octanol–water partition coefficient (Wildman–Crippen LogP) is 3.12. The summed E-state index contributed by atoms with van der Waals surface area (Å²) in [4.78, 5) is 31.1. The van der Waals surface area contributed by atoms with Gasteiger partial charge in [-0.2, -0.15) is 0 Å². The zero-order chi connectivity index (χ0) is 27.1. The maximum Gasteiger partial charge on any atom is 0.343 e. The van der Waals surface area contributed by atoms with Gasteiger partial charge in [-0.3, -0.25) is 4.79 Å². The van der Waals surface area contributed by atoms with Crippen LogP contribution in [-0.2, 0) is 34.7 Å². The number of pyridine rings is 2. The Morgan fingerprint density at radius 1 is 1.26 bits per heavy atom. The van der Waals surface area contributed by atoms with Crippen LogP contribution in [0.15, 0.2) is 16.9 Å². The van der Waals surface area contributed by atoms with E-state index in [1.807, 2.05) is 13.8 Å². The van der Waals surface area contributed by atoms with Crippen molar-refractivity contribution in [2.45, 2.75) is 71.8 Å². The third-order valence-electron chi connectivity index (χ3n) is 8.63. The number of hydrogen-bond acceptors (Lipinski definition) is 7. The summed E-state index contributed by atoms with van der Waals surface area (Å²) in [5.41, 5.74) is 2.99. The molecule has 8 nitrogen and oxygen atoms in total. The maximum absolute atomic E-state index is 15.0. The van der Waals surface area contributed by atoms with Gasteiger partial charge in [0.15, 0.2) is 5.60 Å². The van der Waals surface area contributed by atoms with Crippen molar-refractivity contribution >= 4 is 16.9 Å². The van der Waals surface area contributed by atoms with Gasteiger partial charge in [0.2, 0.25) is 0 Å². The molecular weight excluding hydrogens is 489 g/mol. The van der Waals surface area contributed by atoms with Crippen molar-refractivity contribution < 1.29 is 24.1 Å². The van der Waals surface area contributed by atoms with E-state index in [0.717, 1.165) is 28.5 Å². The molecule has 4 heterocycles. The number of esters is 1. The summed E-state index contributed by atoms with van der Waals surface area (Å²) in [6.07, 6.45) is 1.49. The number of halogens is 1. The second-order valence-electron chi connectivity index (χ2n) is 11.6. The highest BCUT2D eigenvalue weighted by molar-refractivity contribution is 5.93. The van der Waals surface area contributed by atoms with Crippen molar-refractivity contribution in [3.63, 3.8) is 0 Å². The van der Waals surface area contributed by atoms with E-state index in [1.165, 1.54) is 6.07 Å². The lowest BCUT2D eigenvalue weighted by Crippen LogP contribution is -2.44. The van der Waals surface area contributed by atoms with Crippen LogP contribution >= 0.6 is 0 Å². The van der Waals surface area contributed by atoms with Crippen LogP contribution in [0, 0.1) is 18.2 Å². The predicted molar refractivity (Wildman–Crippen MR) is 139 cm³/mol. The summed E-state index contributed by atoms with van der Waals surface area (Å²) in [6.45, 7) is 8.13. The number of nitrogens with zero attached hydrogens (tertiary/aromatic N) is 2. The summed E-state index contributed by atoms with van der Waals surface area (Å²) < 4.78 is 21.8. The quantitative estimate of drug-likeness (QED) is 0.346. The molecule has 9 heteroatoms. The van der Waals surface area contributed by atoms with E-state index >= 15 is 4.39 Å². The lowest BCUT2D eigenvalue weighted by Gasteiger charge is -2.32. The number of ether oxygens (including phenoxy) is 1. The molecule has 0 amide bonds. The van der Waals surface area contributed by atoms with Crippen molar-refractivity contribution in [1.82, 2.24) is 14.9 Å². The third-order valence-corrected chi connectivity index (χ3v) is 8.63. The molecule has 200 valence electrons. The van der Waals surface area contributed by atoms with Gasteiger partial charge >= 0.3 is 5.97 Å². The second kappa shape index (κ2) is 8.43. The van der Waals surface area contributed by atoms with Gasteiger partial charge in [-0.05, 0) is 48.9 Å². The van der Waals surface area contributed by atoms with E-state index in [-0.39, 0.29) is 60.1 Å². The molecule has 3 aliphatic rings. The molecule has 1 aliphatic carbocycles. The van der Waals surface area contributed by atoms with Crippen LogP contribution in [0.25, 0.3) is 22.3 Å². The summed E-state index contributed by atoms with van der Waals surface area (Å²) in [6, 6.07) is 3.06. The Kier molecular flexibility index (Phi) is 5.58. The van der Waals surface area contributed by atoms with Crippen LogP contribution in [0.4, 0.5) is 4.39 Å². The molecule has 0 saturated heterocycles. The van der Waals surface area contributed by atoms with E-state index in [2.05, 4.69) is 5.32 Å². The standard InChI is InChI=1S/C29H32FN3O5/c1-5-29(37)18-8-22-25-16(10-33(22)26(35)17(18)11-38-27(29)36)24-20(31-12-28(3,4)13-34)7-6-15-14(2)19(30)9-21(32-25)23(15)24/h8-9,20,31,34,37H,5-7,10-13H2,1-4H3/t20-,29-/m0/s1. The molecule has 38 heavy (non-hydrogen) atoms. The highest BCUT2D eigenvalue weighted by Crippen LogP contribution is 2.46. The molecule has 0 bridgehead atoms. The van der Waals surface area contributed by atoms with Crippen molar-refractivity contribution in [1.29, 1.82) is 0 Å². The lowest BCUT2D eigenvalue weighted by molar-refractivity contribution is -0.172. The number of fused-ring (bicyclic) bond motifs is 5. The zero-order valence-corrected chi connectivity index (χ0v) is 22.1. The van der Waals surface area contributed by atoms with Crippen LogP contribution < -0.4 is 10.9 Å². The fraction of sp³-hybridized carbons (Fsp3) is 0.483. The average molecular weight is 522 g/mol. The molecule has 1 aromatic carbocycles. The number of aromatic nitrogens is 2. The number of hydrogen-bond donors (Lipinski definition) is 3. The molecule has 0 radical (unpaired) electrons. The molecule has 0 spiro atoms. The first-order valence-electron chi connectivity index (χ1n) is 13.2. The summed E-state index contributed by atoms with van der Waals surface area (Å²) >= 11 is 0. The molecule has 6 rings (SSSR count). The minimum atomic E-state index is -1.91. The van der Waals surface area contributed by atoms with Gasteiger partial charge in [0, 0.05) is 47.2 Å². The molecule has 2 aromatic heterocycles. The molecule has 0 unspecified atom stereocenters. The molecule has 0 saturated carbocycles. The number of aryl methyl sites for hydroxylation is 1. The normalized spacial score (nSPS) is 21.8. The third kappa shape index (κ3) is 3.41. The van der Waals surface area contributed by atoms with Gasteiger partial charge in [0.25, 0.3) is 5.56 Å². The largest absolute Gasteiger partial charge is 0.458 e. The van der Waals surface area contributed by atoms with Crippen LogP contribution in [-0.4, -0.2) is 38.9 Å². The average Bonchev–Trinajstić information content (AvgIpc) is 3.27. The minimum Gasteiger partial charge on any atom is -0.458 e. The van der Waals surface area contributed by atoms with E-state index in [1.54, 1.807) is 24.5 Å². The van der Waals surface area contributed by atoms with E-state index in [9.17, 15) is 19.8 Å². The van der Waals surface area contributed by atoms with E-state index in [4.69, 9.17) is 9.72 Å². The van der Waals surface area contributed by atoms with Crippen molar-refractivity contribution in [2.75, 3.05) is 13.2 Å². The van der Waals surface area contributed by atoms with Gasteiger partial charge in [0.05, 0.1) is 29.0 Å². The first kappa shape index (κ1) is 25.2. The van der Waals surface area contributed by atoms with Gasteiger partial charge < -0.3 is 24.8 Å². The van der Waals surface area contributed by atoms with Gasteiger partial charge in [0.1, 0.15) is 12.4 Å². The van der Waals surface area contributed by atoms with Crippen LogP contribution in [0.1, 0.15) is 73.0 Å². The van der Waals surface area contributed by atoms with Gasteiger partial charge in [-0.1, -0.05) is 20.8 Å². The number of benzene rings is 1. The Balaban J connectivity index is 1.61. The SMILES string of the molecule is CC[C@@]1(O)C(=O)OCc2c1cc1n(c2=O)Cc2c-1nc1cc(F)c(C)c3c1c2[C@@H](NCC(C)(C)CO)CC3. The Morgan fingerprint density at radius 2 is 2.03 bits per heavy atom. The maximum atomic E-state index is 15.0. The molecule has 3 N–H and O–H groups in total. The van der Waals surface area contributed by atoms with Crippen LogP contribution in [0.3, 0.4) is 0 Å². The first-order chi connectivity index (χ1) is 18.0.